The molecular formula is C92H93N9S4+8. The van der Waals surface area contributed by atoms with Crippen molar-refractivity contribution in [3.05, 3.63) is 311 Å². The summed E-state index contributed by atoms with van der Waals surface area (Å²) in [6.07, 6.45) is 4.52. The van der Waals surface area contributed by atoms with Crippen LogP contribution in [0.2, 0.25) is 0 Å². The third-order valence-corrected chi connectivity index (χ3v) is 23.7. The third kappa shape index (κ3) is 14.6. The van der Waals surface area contributed by atoms with E-state index >= 15 is 0 Å². The first-order chi connectivity index (χ1) is 50.4. The summed E-state index contributed by atoms with van der Waals surface area (Å²) in [6.45, 7) is 38.6. The zero-order valence-corrected chi connectivity index (χ0v) is 66.9. The summed E-state index contributed by atoms with van der Waals surface area (Å²) in [4.78, 5) is 3.74. The van der Waals surface area contributed by atoms with Crippen molar-refractivity contribution >= 4 is 94.4 Å². The number of thiazole rings is 4. The summed E-state index contributed by atoms with van der Waals surface area (Å²) in [5.74, 6) is 0. The van der Waals surface area contributed by atoms with Crippen molar-refractivity contribution in [2.45, 2.75) is 102 Å². The fourth-order valence-corrected chi connectivity index (χ4v) is 17.9. The monoisotopic (exact) mass is 1450 g/mol. The molecule has 0 aliphatic heterocycles. The van der Waals surface area contributed by atoms with E-state index in [1.54, 1.807) is 45.3 Å². The molecule has 0 atom stereocenters. The van der Waals surface area contributed by atoms with Crippen molar-refractivity contribution in [3.8, 4) is 67.8 Å². The van der Waals surface area contributed by atoms with Crippen LogP contribution >= 0.6 is 45.3 Å². The molecular weight excluding hydrogens is 1360 g/mol. The van der Waals surface area contributed by atoms with E-state index in [0.717, 1.165) is 28.2 Å². The van der Waals surface area contributed by atoms with Crippen molar-refractivity contribution in [2.75, 3.05) is 0 Å². The second-order valence-electron chi connectivity index (χ2n) is 29.0. The van der Waals surface area contributed by atoms with Gasteiger partial charge in [0.25, 0.3) is 0 Å². The van der Waals surface area contributed by atoms with Crippen LogP contribution in [0.1, 0.15) is 88.1 Å². The number of nitrogens with zero attached hydrogens (tertiary/aromatic N) is 9. The van der Waals surface area contributed by atoms with Crippen LogP contribution < -0.4 is 36.5 Å². The minimum atomic E-state index is 0.0742. The third-order valence-electron chi connectivity index (χ3n) is 20.5. The lowest BCUT2D eigenvalue weighted by atomic mass is 9.84. The SMILES string of the molecule is Cc1c(-c2csc[n+]2C)cc(C(C)(C)C)cc1-[n+]1c(C)ccc2ccccc21.Cc1cc(-c2csc[n+]2C)c(C)c(-[n+]2cc3ccccc3cc2C)c1.Cc1cc(C)c(-[n+]2cc3ccccc3cc2C)c(C)c1-c1csc[n+]1C.[C-]#[N+]c1cc(-c2csc[n+]2C)c(C)c(-[n+]2c(C)ccc3ccccc32)c1. The van der Waals surface area contributed by atoms with Gasteiger partial charge < -0.3 is 0 Å². The fraction of sp³-hybridized carbons (Fsp3) is 0.207. The first-order valence-electron chi connectivity index (χ1n) is 35.6. The molecule has 9 nitrogen and oxygen atoms in total. The highest BCUT2D eigenvalue weighted by Gasteiger charge is 2.31. The molecule has 0 saturated heterocycles. The van der Waals surface area contributed by atoms with Gasteiger partial charge in [0.05, 0.1) is 44.8 Å². The average Bonchev–Trinajstić information content (AvgIpc) is 1.63. The number of benzene rings is 8. The molecule has 0 bridgehead atoms. The Morgan fingerprint density at radius 2 is 0.762 bits per heavy atom. The van der Waals surface area contributed by atoms with Gasteiger partial charge in [-0.1, -0.05) is 127 Å². The van der Waals surface area contributed by atoms with Crippen molar-refractivity contribution in [1.82, 2.24) is 0 Å². The molecule has 0 saturated carbocycles. The molecule has 8 heterocycles. The molecule has 0 aliphatic rings. The van der Waals surface area contributed by atoms with Gasteiger partial charge in [0.15, 0.2) is 40.9 Å². The Morgan fingerprint density at radius 3 is 1.23 bits per heavy atom. The van der Waals surface area contributed by atoms with Crippen LogP contribution in [-0.2, 0) is 33.6 Å². The van der Waals surface area contributed by atoms with Crippen LogP contribution in [0.3, 0.4) is 0 Å². The molecule has 0 spiro atoms. The maximum Gasteiger partial charge on any atom is 0.224 e. The molecule has 0 amide bonds. The maximum atomic E-state index is 7.58. The average molecular weight is 1450 g/mol. The molecule has 16 rings (SSSR count). The van der Waals surface area contributed by atoms with Gasteiger partial charge in [-0.2, -0.15) is 36.5 Å². The highest BCUT2D eigenvalue weighted by molar-refractivity contribution is 7.08. The molecule has 105 heavy (non-hydrogen) atoms. The van der Waals surface area contributed by atoms with Gasteiger partial charge in [-0.15, -0.1) is 0 Å². The van der Waals surface area contributed by atoms with Gasteiger partial charge >= 0.3 is 0 Å². The minimum absolute atomic E-state index is 0.0742. The second kappa shape index (κ2) is 30.2. The summed E-state index contributed by atoms with van der Waals surface area (Å²) < 4.78 is 18.1. The summed E-state index contributed by atoms with van der Waals surface area (Å²) in [5.41, 5.74) is 41.9. The molecule has 13 heteroatoms. The topological polar surface area (TPSA) is 35.4 Å². The number of fused-ring (bicyclic) bond motifs is 4. The van der Waals surface area contributed by atoms with Gasteiger partial charge in [-0.05, 0) is 142 Å². The standard InChI is InChI=1S/C25H28N2S.C23H24N2S.C22H19N3S.C22H22N2S/c1-17-11-12-19-9-7-8-10-22(19)27(17)23-14-20(25(3,4)5)13-21(18(23)2)24-15-28-16-26(24)6;1-15-10-16(2)23(18(4)22(15)21-13-26-14-24(21)5)25-12-20-9-7-6-8-19(20)11-17(25)3;1-15-9-10-17-7-5-6-8-20(17)25(15)21-12-18(23-3)11-19(16(21)2)22-13-26-14-24(22)4;1-15-9-20(22-13-25-14-23(22)4)17(3)21(10-15)24-12-19-8-6-5-7-18(19)11-16(24)2/h7-16H,1-6H3;6-14H,1-5H3;5-14H,1-2,4H3;5-14H,1-4H3/q4*+2. The Bertz CT molecular complexity index is 6070. The van der Waals surface area contributed by atoms with Crippen LogP contribution in [0.5, 0.6) is 0 Å². The molecule has 8 aromatic carbocycles. The van der Waals surface area contributed by atoms with E-state index in [4.69, 9.17) is 6.57 Å². The summed E-state index contributed by atoms with van der Waals surface area (Å²) >= 11 is 6.90. The van der Waals surface area contributed by atoms with Crippen molar-refractivity contribution in [2.24, 2.45) is 28.2 Å². The maximum absolute atomic E-state index is 7.58. The quantitative estimate of drug-likeness (QED) is 0.107. The van der Waals surface area contributed by atoms with Gasteiger partial charge in [0, 0.05) is 137 Å². The smallest absolute Gasteiger partial charge is 0.224 e. The molecule has 8 aromatic heterocycles. The molecule has 522 valence electrons. The largest absolute Gasteiger partial charge is 0.238 e. The van der Waals surface area contributed by atoms with Crippen LogP contribution in [0.15, 0.2) is 232 Å². The van der Waals surface area contributed by atoms with E-state index < -0.39 is 0 Å². The van der Waals surface area contributed by atoms with Crippen molar-refractivity contribution < 1.29 is 36.5 Å². The molecule has 16 aromatic rings. The molecule has 0 radical (unpaired) electrons. The van der Waals surface area contributed by atoms with E-state index in [-0.39, 0.29) is 5.41 Å². The molecule has 0 aliphatic carbocycles. The lowest BCUT2D eigenvalue weighted by Gasteiger charge is -2.21. The number of hydrogen-bond donors (Lipinski definition) is 0. The summed E-state index contributed by atoms with van der Waals surface area (Å²) in [5, 5.41) is 16.4. The Balaban J connectivity index is 0.000000124. The second-order valence-corrected chi connectivity index (χ2v) is 31.8. The number of aromatic nitrogens is 8. The van der Waals surface area contributed by atoms with Crippen molar-refractivity contribution in [1.29, 1.82) is 0 Å². The number of rotatable bonds is 8. The van der Waals surface area contributed by atoms with Gasteiger partial charge in [-0.3, -0.25) is 0 Å². The van der Waals surface area contributed by atoms with E-state index in [1.807, 2.05) is 19.2 Å². The predicted octanol–water partition coefficient (Wildman–Crippen LogP) is 19.9. The number of para-hydroxylation sites is 2. The number of pyridine rings is 4. The van der Waals surface area contributed by atoms with Crippen LogP contribution in [-0.4, -0.2) is 0 Å². The highest BCUT2D eigenvalue weighted by atomic mass is 32.1. The Kier molecular flexibility index (Phi) is 21.0. The predicted molar refractivity (Wildman–Crippen MR) is 437 cm³/mol. The first-order valence-corrected chi connectivity index (χ1v) is 39.4. The lowest BCUT2D eigenvalue weighted by Crippen LogP contribution is -2.37. The van der Waals surface area contributed by atoms with Gasteiger partial charge in [0.1, 0.15) is 28.2 Å². The first kappa shape index (κ1) is 72.8. The van der Waals surface area contributed by atoms with E-state index in [0.29, 0.717) is 5.69 Å². The van der Waals surface area contributed by atoms with Gasteiger partial charge in [0.2, 0.25) is 78.6 Å². The lowest BCUT2D eigenvalue weighted by molar-refractivity contribution is -0.655. The van der Waals surface area contributed by atoms with Crippen LogP contribution in [0, 0.1) is 82.7 Å². The molecule has 0 unspecified atom stereocenters. The van der Waals surface area contributed by atoms with Crippen LogP contribution in [0.4, 0.5) is 5.69 Å². The molecule has 0 N–H and O–H groups in total. The zero-order chi connectivity index (χ0) is 74.3. The number of hydrogen-bond acceptors (Lipinski definition) is 4. The Morgan fingerprint density at radius 1 is 0.352 bits per heavy atom. The fourth-order valence-electron chi connectivity index (χ4n) is 14.8. The van der Waals surface area contributed by atoms with E-state index in [1.165, 1.54) is 150 Å². The highest BCUT2D eigenvalue weighted by Crippen LogP contribution is 2.36. The summed E-state index contributed by atoms with van der Waals surface area (Å²) in [7, 11) is 8.41. The zero-order valence-electron chi connectivity index (χ0n) is 63.7. The van der Waals surface area contributed by atoms with E-state index in [2.05, 4.69) is 379 Å². The Hall–Kier alpha value is -10.6. The summed E-state index contributed by atoms with van der Waals surface area (Å²) in [6, 6.07) is 63.0. The minimum Gasteiger partial charge on any atom is -0.238 e. The van der Waals surface area contributed by atoms with Gasteiger partial charge in [-0.25, -0.2) is 4.85 Å². The van der Waals surface area contributed by atoms with Crippen molar-refractivity contribution in [3.63, 3.8) is 0 Å². The number of aryl methyl sites for hydroxylation is 11. The molecule has 0 fully saturated rings. The Labute approximate surface area is 635 Å². The van der Waals surface area contributed by atoms with Crippen LogP contribution in [0.25, 0.3) is 116 Å². The van der Waals surface area contributed by atoms with E-state index in [9.17, 15) is 0 Å². The normalized spacial score (nSPS) is 11.3.